The summed E-state index contributed by atoms with van der Waals surface area (Å²) in [5, 5.41) is 0. The highest BCUT2D eigenvalue weighted by molar-refractivity contribution is 7.92. The molecule has 10 heteroatoms. The highest BCUT2D eigenvalue weighted by Crippen LogP contribution is 2.31. The second-order valence-electron chi connectivity index (χ2n) is 6.13. The molecule has 2 aromatic carbocycles. The van der Waals surface area contributed by atoms with E-state index in [1.807, 2.05) is 0 Å². The van der Waals surface area contributed by atoms with Crippen molar-refractivity contribution in [2.24, 2.45) is 0 Å². The molecule has 2 aromatic rings. The standard InChI is InChI=1S/C18H22N2O6S2/c1-19(17-5-3-4-6-18(17)25-2)27(21,22)15-7-9-16(10-8-15)28(23,24)20-11-13-26-14-12-20/h3-10H,11-14H2,1-2H3. The van der Waals surface area contributed by atoms with Gasteiger partial charge in [0.1, 0.15) is 5.75 Å². The van der Waals surface area contributed by atoms with E-state index >= 15 is 0 Å². The lowest BCUT2D eigenvalue weighted by atomic mass is 10.3. The smallest absolute Gasteiger partial charge is 0.264 e. The van der Waals surface area contributed by atoms with Crippen LogP contribution in [0.25, 0.3) is 0 Å². The topological polar surface area (TPSA) is 93.2 Å². The number of para-hydroxylation sites is 2. The van der Waals surface area contributed by atoms with E-state index in [9.17, 15) is 16.8 Å². The summed E-state index contributed by atoms with van der Waals surface area (Å²) >= 11 is 0. The SMILES string of the molecule is COc1ccccc1N(C)S(=O)(=O)c1ccc(S(=O)(=O)N2CCOCC2)cc1. The van der Waals surface area contributed by atoms with E-state index in [0.29, 0.717) is 24.7 Å². The lowest BCUT2D eigenvalue weighted by Gasteiger charge is -2.26. The van der Waals surface area contributed by atoms with E-state index in [1.54, 1.807) is 24.3 Å². The molecule has 1 aliphatic heterocycles. The van der Waals surface area contributed by atoms with Gasteiger partial charge in [-0.05, 0) is 36.4 Å². The van der Waals surface area contributed by atoms with Crippen LogP contribution in [-0.2, 0) is 24.8 Å². The zero-order valence-electron chi connectivity index (χ0n) is 15.6. The van der Waals surface area contributed by atoms with Gasteiger partial charge in [0.25, 0.3) is 10.0 Å². The highest BCUT2D eigenvalue weighted by Gasteiger charge is 2.28. The maximum atomic E-state index is 13.0. The highest BCUT2D eigenvalue weighted by atomic mass is 32.2. The van der Waals surface area contributed by atoms with Crippen molar-refractivity contribution in [2.75, 3.05) is 44.8 Å². The minimum atomic E-state index is -3.89. The Hall–Kier alpha value is -2.14. The van der Waals surface area contributed by atoms with Crippen LogP contribution in [0.3, 0.4) is 0 Å². The molecule has 28 heavy (non-hydrogen) atoms. The fourth-order valence-electron chi connectivity index (χ4n) is 2.90. The molecular weight excluding hydrogens is 404 g/mol. The molecule has 1 saturated heterocycles. The summed E-state index contributed by atoms with van der Waals surface area (Å²) in [5.74, 6) is 0.417. The van der Waals surface area contributed by atoms with Crippen LogP contribution in [0.5, 0.6) is 5.75 Å². The molecule has 152 valence electrons. The van der Waals surface area contributed by atoms with Crippen LogP contribution in [-0.4, -0.2) is 61.6 Å². The van der Waals surface area contributed by atoms with Gasteiger partial charge < -0.3 is 9.47 Å². The number of methoxy groups -OCH3 is 1. The minimum Gasteiger partial charge on any atom is -0.495 e. The summed E-state index contributed by atoms with van der Waals surface area (Å²) < 4.78 is 64.1. The van der Waals surface area contributed by atoms with Crippen LogP contribution < -0.4 is 9.04 Å². The van der Waals surface area contributed by atoms with Crippen molar-refractivity contribution in [1.82, 2.24) is 4.31 Å². The first-order chi connectivity index (χ1) is 13.3. The first-order valence-corrected chi connectivity index (χ1v) is 11.5. The zero-order chi connectivity index (χ0) is 20.4. The van der Waals surface area contributed by atoms with E-state index in [2.05, 4.69) is 0 Å². The molecule has 0 aromatic heterocycles. The Balaban J connectivity index is 1.89. The molecule has 0 amide bonds. The maximum Gasteiger partial charge on any atom is 0.264 e. The number of benzene rings is 2. The third-order valence-electron chi connectivity index (χ3n) is 4.51. The van der Waals surface area contributed by atoms with Crippen LogP contribution >= 0.6 is 0 Å². The second-order valence-corrected chi connectivity index (χ2v) is 10.0. The normalized spacial score (nSPS) is 15.9. The predicted molar refractivity (Wildman–Crippen MR) is 105 cm³/mol. The molecule has 1 heterocycles. The van der Waals surface area contributed by atoms with Gasteiger partial charge in [0.05, 0.1) is 35.8 Å². The number of rotatable bonds is 6. The van der Waals surface area contributed by atoms with Crippen molar-refractivity contribution in [3.63, 3.8) is 0 Å². The monoisotopic (exact) mass is 426 g/mol. The summed E-state index contributed by atoms with van der Waals surface area (Å²) in [7, 11) is -4.68. The number of ether oxygens (including phenoxy) is 2. The van der Waals surface area contributed by atoms with Crippen molar-refractivity contribution in [3.8, 4) is 5.75 Å². The summed E-state index contributed by atoms with van der Waals surface area (Å²) in [5.41, 5.74) is 0.384. The molecular formula is C18H22N2O6S2. The average Bonchev–Trinajstić information content (AvgIpc) is 2.73. The van der Waals surface area contributed by atoms with Gasteiger partial charge in [0, 0.05) is 20.1 Å². The Morgan fingerprint density at radius 2 is 1.50 bits per heavy atom. The van der Waals surface area contributed by atoms with E-state index in [4.69, 9.17) is 9.47 Å². The maximum absolute atomic E-state index is 13.0. The Morgan fingerprint density at radius 1 is 0.929 bits per heavy atom. The molecule has 1 aliphatic rings. The molecule has 0 spiro atoms. The zero-order valence-corrected chi connectivity index (χ0v) is 17.2. The predicted octanol–water partition coefficient (Wildman–Crippen LogP) is 1.54. The fourth-order valence-corrected chi connectivity index (χ4v) is 5.51. The molecule has 1 fully saturated rings. The fraction of sp³-hybridized carbons (Fsp3) is 0.333. The third-order valence-corrected chi connectivity index (χ3v) is 8.21. The van der Waals surface area contributed by atoms with Gasteiger partial charge >= 0.3 is 0 Å². The number of nitrogens with zero attached hydrogens (tertiary/aromatic N) is 2. The molecule has 0 unspecified atom stereocenters. The molecule has 0 radical (unpaired) electrons. The van der Waals surface area contributed by atoms with Crippen molar-refractivity contribution in [2.45, 2.75) is 9.79 Å². The van der Waals surface area contributed by atoms with Gasteiger partial charge in [-0.1, -0.05) is 12.1 Å². The number of anilines is 1. The van der Waals surface area contributed by atoms with E-state index in [-0.39, 0.29) is 22.9 Å². The summed E-state index contributed by atoms with van der Waals surface area (Å²) in [6.45, 7) is 1.24. The molecule has 0 N–H and O–H groups in total. The van der Waals surface area contributed by atoms with Gasteiger partial charge in [-0.3, -0.25) is 4.31 Å². The van der Waals surface area contributed by atoms with Gasteiger partial charge in [-0.2, -0.15) is 4.31 Å². The van der Waals surface area contributed by atoms with Crippen molar-refractivity contribution in [3.05, 3.63) is 48.5 Å². The Labute approximate surface area is 165 Å². The van der Waals surface area contributed by atoms with Crippen LogP contribution in [0.2, 0.25) is 0 Å². The third kappa shape index (κ3) is 3.86. The van der Waals surface area contributed by atoms with Gasteiger partial charge in [-0.25, -0.2) is 16.8 Å². The molecule has 8 nitrogen and oxygen atoms in total. The Bertz CT molecular complexity index is 1030. The van der Waals surface area contributed by atoms with E-state index in [1.165, 1.54) is 42.7 Å². The van der Waals surface area contributed by atoms with Gasteiger partial charge in [0.15, 0.2) is 0 Å². The molecule has 0 aliphatic carbocycles. The van der Waals surface area contributed by atoms with E-state index in [0.717, 1.165) is 4.31 Å². The Kier molecular flexibility index (Phi) is 5.94. The van der Waals surface area contributed by atoms with E-state index < -0.39 is 20.0 Å². The molecule has 0 atom stereocenters. The molecule has 0 bridgehead atoms. The lowest BCUT2D eigenvalue weighted by molar-refractivity contribution is 0.0730. The lowest BCUT2D eigenvalue weighted by Crippen LogP contribution is -2.40. The minimum absolute atomic E-state index is 0.0122. The number of morpholine rings is 1. The summed E-state index contributed by atoms with van der Waals surface area (Å²) in [6.07, 6.45) is 0. The first kappa shape index (κ1) is 20.6. The molecule has 3 rings (SSSR count). The van der Waals surface area contributed by atoms with Crippen LogP contribution in [0.4, 0.5) is 5.69 Å². The van der Waals surface area contributed by atoms with Crippen LogP contribution in [0, 0.1) is 0 Å². The van der Waals surface area contributed by atoms with Crippen LogP contribution in [0.15, 0.2) is 58.3 Å². The largest absolute Gasteiger partial charge is 0.495 e. The van der Waals surface area contributed by atoms with Crippen molar-refractivity contribution >= 4 is 25.7 Å². The number of hydrogen-bond donors (Lipinski definition) is 0. The second kappa shape index (κ2) is 8.08. The van der Waals surface area contributed by atoms with Crippen molar-refractivity contribution < 1.29 is 26.3 Å². The Morgan fingerprint density at radius 3 is 2.11 bits per heavy atom. The quantitative estimate of drug-likeness (QED) is 0.696. The average molecular weight is 427 g/mol. The first-order valence-electron chi connectivity index (χ1n) is 8.58. The van der Waals surface area contributed by atoms with Crippen molar-refractivity contribution in [1.29, 1.82) is 0 Å². The van der Waals surface area contributed by atoms with Crippen LogP contribution in [0.1, 0.15) is 0 Å². The number of sulfonamides is 2. The summed E-state index contributed by atoms with van der Waals surface area (Å²) in [4.78, 5) is 0.0372. The van der Waals surface area contributed by atoms with Gasteiger partial charge in [0.2, 0.25) is 10.0 Å². The molecule has 0 saturated carbocycles. The van der Waals surface area contributed by atoms with Gasteiger partial charge in [-0.15, -0.1) is 0 Å². The number of hydrogen-bond acceptors (Lipinski definition) is 6. The summed E-state index contributed by atoms with van der Waals surface area (Å²) in [6, 6.07) is 12.0.